The maximum Gasteiger partial charge on any atom is 0.209 e. The summed E-state index contributed by atoms with van der Waals surface area (Å²) in [6.07, 6.45) is 5.60. The van der Waals surface area contributed by atoms with Crippen molar-refractivity contribution < 1.29 is 9.29 Å². The Balaban J connectivity index is 1.81. The molecule has 4 rings (SSSR count). The maximum atomic E-state index is 11.6. The molecule has 3 aromatic rings. The molecular weight excluding hydrogens is 452 g/mol. The van der Waals surface area contributed by atoms with Gasteiger partial charge in [0.15, 0.2) is 10.7 Å². The standard InChI is InChI=1S/C25H28N4O2S2/c1-17-16-32-25(28-17)29-23(19-10-6-3-7-11-19)24(22(26)18-8-4-2-5-9-18)31-20-12-14-21(15-13-20)33(27)30/h3,6-7,10-16,18H,2,4-5,8-9,26-27H2,1H3. The van der Waals surface area contributed by atoms with Crippen LogP contribution in [0.15, 0.2) is 81.3 Å². The number of ether oxygens (including phenoxy) is 1. The van der Waals surface area contributed by atoms with E-state index in [0.717, 1.165) is 36.9 Å². The topological polar surface area (TPSA) is 110 Å². The van der Waals surface area contributed by atoms with E-state index in [4.69, 9.17) is 20.6 Å². The van der Waals surface area contributed by atoms with Crippen LogP contribution in [0.3, 0.4) is 0 Å². The van der Waals surface area contributed by atoms with Crippen molar-refractivity contribution in [2.75, 3.05) is 0 Å². The summed E-state index contributed by atoms with van der Waals surface area (Å²) in [7, 11) is 0. The minimum Gasteiger partial charge on any atom is -0.593 e. The van der Waals surface area contributed by atoms with E-state index in [1.807, 2.05) is 42.6 Å². The van der Waals surface area contributed by atoms with Gasteiger partial charge in [0.25, 0.3) is 0 Å². The van der Waals surface area contributed by atoms with E-state index in [1.165, 1.54) is 17.8 Å². The van der Waals surface area contributed by atoms with Crippen LogP contribution in [-0.2, 0) is 11.4 Å². The van der Waals surface area contributed by atoms with Crippen LogP contribution >= 0.6 is 11.3 Å². The summed E-state index contributed by atoms with van der Waals surface area (Å²) in [5.74, 6) is 1.36. The largest absolute Gasteiger partial charge is 0.593 e. The van der Waals surface area contributed by atoms with Gasteiger partial charge in [0.1, 0.15) is 11.5 Å². The molecular formula is C25H28N4O2S2. The second-order valence-electron chi connectivity index (χ2n) is 8.09. The first kappa shape index (κ1) is 23.5. The average molecular weight is 481 g/mol. The summed E-state index contributed by atoms with van der Waals surface area (Å²) >= 11 is -0.0647. The smallest absolute Gasteiger partial charge is 0.209 e. The van der Waals surface area contributed by atoms with Crippen molar-refractivity contribution in [3.63, 3.8) is 0 Å². The minimum atomic E-state index is -1.55. The Morgan fingerprint density at radius 2 is 1.79 bits per heavy atom. The van der Waals surface area contributed by atoms with Crippen LogP contribution in [-0.4, -0.2) is 15.2 Å². The van der Waals surface area contributed by atoms with Crippen molar-refractivity contribution in [3.05, 3.63) is 82.7 Å². The van der Waals surface area contributed by atoms with Crippen LogP contribution in [0.1, 0.15) is 43.4 Å². The lowest BCUT2D eigenvalue weighted by atomic mass is 9.86. The summed E-state index contributed by atoms with van der Waals surface area (Å²) in [4.78, 5) is 9.96. The third-order valence-electron chi connectivity index (χ3n) is 5.66. The van der Waals surface area contributed by atoms with Crippen LogP contribution in [0.5, 0.6) is 5.75 Å². The number of hydrogen-bond acceptors (Lipinski definition) is 7. The zero-order valence-corrected chi connectivity index (χ0v) is 20.2. The zero-order chi connectivity index (χ0) is 23.2. The maximum absolute atomic E-state index is 11.6. The van der Waals surface area contributed by atoms with Gasteiger partial charge in [-0.3, -0.25) is 0 Å². The van der Waals surface area contributed by atoms with Gasteiger partial charge < -0.3 is 15.0 Å². The monoisotopic (exact) mass is 480 g/mol. The number of allylic oxidation sites excluding steroid dienone is 2. The summed E-state index contributed by atoms with van der Waals surface area (Å²) in [6, 6.07) is 16.8. The molecule has 0 radical (unpaired) electrons. The molecule has 0 saturated heterocycles. The predicted octanol–water partition coefficient (Wildman–Crippen LogP) is 5.38. The average Bonchev–Trinajstić information content (AvgIpc) is 3.27. The summed E-state index contributed by atoms with van der Waals surface area (Å²) in [5.41, 5.74) is 9.98. The van der Waals surface area contributed by atoms with Crippen LogP contribution in [0.2, 0.25) is 0 Å². The third-order valence-corrected chi connectivity index (χ3v) is 7.25. The summed E-state index contributed by atoms with van der Waals surface area (Å²) < 4.78 is 18.0. The van der Waals surface area contributed by atoms with E-state index >= 15 is 0 Å². The van der Waals surface area contributed by atoms with Crippen molar-refractivity contribution >= 4 is 33.5 Å². The molecule has 1 unspecified atom stereocenters. The van der Waals surface area contributed by atoms with Crippen molar-refractivity contribution in [2.24, 2.45) is 21.8 Å². The van der Waals surface area contributed by atoms with Crippen LogP contribution in [0.25, 0.3) is 0 Å². The SMILES string of the molecule is Cc1csc(N=C(C(Oc2ccc([S+](N)[O-])cc2)=C(N)C2CCCCC2)c2ccccc2)n1. The Morgan fingerprint density at radius 1 is 1.09 bits per heavy atom. The molecule has 1 atom stereocenters. The number of thiazole rings is 1. The van der Waals surface area contributed by atoms with E-state index in [2.05, 4.69) is 4.98 Å². The van der Waals surface area contributed by atoms with E-state index in [9.17, 15) is 4.55 Å². The molecule has 172 valence electrons. The molecule has 2 aromatic carbocycles. The molecule has 0 spiro atoms. The number of aliphatic imine (C=N–C) groups is 1. The van der Waals surface area contributed by atoms with E-state index in [-0.39, 0.29) is 5.92 Å². The normalized spacial score (nSPS) is 16.9. The number of nitrogens with two attached hydrogens (primary N) is 2. The van der Waals surface area contributed by atoms with E-state index in [1.54, 1.807) is 24.3 Å². The Hall–Kier alpha value is -2.65. The first-order valence-electron chi connectivity index (χ1n) is 11.0. The highest BCUT2D eigenvalue weighted by Gasteiger charge is 2.25. The van der Waals surface area contributed by atoms with Crippen LogP contribution in [0.4, 0.5) is 5.13 Å². The number of aromatic nitrogens is 1. The molecule has 0 bridgehead atoms. The molecule has 0 aliphatic heterocycles. The van der Waals surface area contributed by atoms with Gasteiger partial charge in [-0.2, -0.15) is 0 Å². The molecule has 33 heavy (non-hydrogen) atoms. The van der Waals surface area contributed by atoms with Gasteiger partial charge in [-0.15, -0.1) is 16.5 Å². The van der Waals surface area contributed by atoms with Gasteiger partial charge in [-0.05, 0) is 44.0 Å². The lowest BCUT2D eigenvalue weighted by Crippen LogP contribution is -2.24. The Labute approximate surface area is 201 Å². The number of hydrogen-bond donors (Lipinski definition) is 2. The number of rotatable bonds is 7. The highest BCUT2D eigenvalue weighted by Crippen LogP contribution is 2.32. The predicted molar refractivity (Wildman–Crippen MR) is 135 cm³/mol. The van der Waals surface area contributed by atoms with Crippen LogP contribution in [0, 0.1) is 12.8 Å². The molecule has 1 aliphatic carbocycles. The molecule has 1 fully saturated rings. The highest BCUT2D eigenvalue weighted by molar-refractivity contribution is 7.89. The minimum absolute atomic E-state index is 0.233. The molecule has 0 amide bonds. The van der Waals surface area contributed by atoms with Gasteiger partial charge in [0.05, 0.1) is 22.8 Å². The van der Waals surface area contributed by atoms with Crippen molar-refractivity contribution in [1.29, 1.82) is 0 Å². The molecule has 1 aliphatic rings. The molecule has 1 aromatic heterocycles. The van der Waals surface area contributed by atoms with Crippen molar-refractivity contribution in [3.8, 4) is 5.75 Å². The second kappa shape index (κ2) is 11.0. The van der Waals surface area contributed by atoms with Gasteiger partial charge in [-0.1, -0.05) is 49.6 Å². The van der Waals surface area contributed by atoms with E-state index < -0.39 is 11.4 Å². The fourth-order valence-corrected chi connectivity index (χ4v) is 5.01. The molecule has 6 nitrogen and oxygen atoms in total. The highest BCUT2D eigenvalue weighted by atomic mass is 32.2. The van der Waals surface area contributed by atoms with E-state index in [0.29, 0.717) is 32.9 Å². The zero-order valence-electron chi connectivity index (χ0n) is 18.6. The Kier molecular flexibility index (Phi) is 7.82. The van der Waals surface area contributed by atoms with Crippen molar-refractivity contribution in [2.45, 2.75) is 43.9 Å². The van der Waals surface area contributed by atoms with Crippen LogP contribution < -0.4 is 15.6 Å². The number of nitrogens with zero attached hydrogens (tertiary/aromatic N) is 2. The summed E-state index contributed by atoms with van der Waals surface area (Å²) in [6.45, 7) is 1.95. The Bertz CT molecular complexity index is 1120. The lowest BCUT2D eigenvalue weighted by molar-refractivity contribution is 0.374. The third kappa shape index (κ3) is 6.03. The van der Waals surface area contributed by atoms with Crippen molar-refractivity contribution in [1.82, 2.24) is 4.98 Å². The fraction of sp³-hybridized carbons (Fsp3) is 0.280. The summed E-state index contributed by atoms with van der Waals surface area (Å²) in [5, 5.41) is 8.12. The molecule has 4 N–H and O–H groups in total. The first-order valence-corrected chi connectivity index (χ1v) is 13.1. The van der Waals surface area contributed by atoms with Gasteiger partial charge >= 0.3 is 0 Å². The van der Waals surface area contributed by atoms with Gasteiger partial charge in [0, 0.05) is 16.9 Å². The number of aryl methyl sites for hydroxylation is 1. The Morgan fingerprint density at radius 3 is 2.39 bits per heavy atom. The molecule has 1 heterocycles. The molecule has 8 heteroatoms. The number of benzene rings is 2. The van der Waals surface area contributed by atoms with Gasteiger partial charge in [0.2, 0.25) is 5.13 Å². The van der Waals surface area contributed by atoms with Gasteiger partial charge in [-0.25, -0.2) is 9.98 Å². The second-order valence-corrected chi connectivity index (χ2v) is 9.99. The molecule has 1 saturated carbocycles. The quantitative estimate of drug-likeness (QED) is 0.268. The lowest BCUT2D eigenvalue weighted by Gasteiger charge is -2.25. The first-order chi connectivity index (χ1) is 16.0. The fourth-order valence-electron chi connectivity index (χ4n) is 3.93.